The Morgan fingerprint density at radius 2 is 1.73 bits per heavy atom. The van der Waals surface area contributed by atoms with E-state index in [9.17, 15) is 9.59 Å². The Hall–Kier alpha value is -2.27. The fraction of sp³-hybridized carbons (Fsp3) is 0.353. The molecule has 5 heteroatoms. The lowest BCUT2D eigenvalue weighted by Gasteiger charge is -2.16. The highest BCUT2D eigenvalue weighted by Crippen LogP contribution is 2.27. The summed E-state index contributed by atoms with van der Waals surface area (Å²) in [5.74, 6) is 0.488. The van der Waals surface area contributed by atoms with Crippen molar-refractivity contribution in [1.82, 2.24) is 9.55 Å². The predicted octanol–water partition coefficient (Wildman–Crippen LogP) is 0.502. The molecule has 0 unspecified atom stereocenters. The number of hydrogen-bond donors (Lipinski definition) is 1. The summed E-state index contributed by atoms with van der Waals surface area (Å²) < 4.78 is 1.90. The van der Waals surface area contributed by atoms with Gasteiger partial charge in [-0.2, -0.15) is 0 Å². The number of fused-ring (bicyclic) bond motifs is 2. The average Bonchev–Trinajstić information content (AvgIpc) is 2.82. The number of imidazole rings is 1. The Morgan fingerprint density at radius 1 is 1.09 bits per heavy atom. The highest BCUT2D eigenvalue weighted by Gasteiger charge is 2.34. The van der Waals surface area contributed by atoms with E-state index in [-0.39, 0.29) is 11.6 Å². The van der Waals surface area contributed by atoms with Gasteiger partial charge in [0.1, 0.15) is 17.2 Å². The molecule has 0 saturated heterocycles. The van der Waals surface area contributed by atoms with Crippen molar-refractivity contribution in [2.24, 2.45) is 0 Å². The van der Waals surface area contributed by atoms with Crippen molar-refractivity contribution in [3.8, 4) is 0 Å². The van der Waals surface area contributed by atoms with Gasteiger partial charge in [-0.15, -0.1) is 0 Å². The molecular weight excluding hydrogens is 278 g/mol. The second-order valence-electron chi connectivity index (χ2n) is 6.02. The van der Waals surface area contributed by atoms with Crippen molar-refractivity contribution >= 4 is 11.6 Å². The second-order valence-corrected chi connectivity index (χ2v) is 6.02. The van der Waals surface area contributed by atoms with Gasteiger partial charge in [0.15, 0.2) is 0 Å². The average molecular weight is 298 g/mol. The highest BCUT2D eigenvalue weighted by molar-refractivity contribution is 6.27. The number of benzene rings is 1. The Morgan fingerprint density at radius 3 is 2.36 bits per heavy atom. The van der Waals surface area contributed by atoms with Gasteiger partial charge < -0.3 is 9.47 Å². The second kappa shape index (κ2) is 5.50. The van der Waals surface area contributed by atoms with Crippen LogP contribution in [0, 0.1) is 6.92 Å². The lowest BCUT2D eigenvalue weighted by Crippen LogP contribution is -3.05. The Kier molecular flexibility index (Phi) is 3.66. The first-order valence-corrected chi connectivity index (χ1v) is 7.55. The lowest BCUT2D eigenvalue weighted by molar-refractivity contribution is -0.858. The third-order valence-electron chi connectivity index (χ3n) is 4.06. The van der Waals surface area contributed by atoms with Crippen LogP contribution in [0.3, 0.4) is 0 Å². The predicted molar refractivity (Wildman–Crippen MR) is 82.6 cm³/mol. The molecule has 1 aromatic heterocycles. The van der Waals surface area contributed by atoms with Crippen LogP contribution in [0.25, 0.3) is 0 Å². The topological polar surface area (TPSA) is 56.4 Å². The smallest absolute Gasteiger partial charge is 0.214 e. The van der Waals surface area contributed by atoms with E-state index >= 15 is 0 Å². The number of quaternary nitrogens is 1. The quantitative estimate of drug-likeness (QED) is 0.763. The van der Waals surface area contributed by atoms with E-state index < -0.39 is 0 Å². The van der Waals surface area contributed by atoms with Crippen molar-refractivity contribution in [1.29, 1.82) is 0 Å². The molecular formula is C17H20N3O2+. The minimum atomic E-state index is -0.148. The van der Waals surface area contributed by atoms with Crippen LogP contribution in [0.5, 0.6) is 0 Å². The van der Waals surface area contributed by atoms with Crippen molar-refractivity contribution in [2.75, 3.05) is 20.6 Å². The van der Waals surface area contributed by atoms with Crippen LogP contribution in [0.15, 0.2) is 24.3 Å². The van der Waals surface area contributed by atoms with Crippen LogP contribution in [0.4, 0.5) is 0 Å². The molecule has 114 valence electrons. The maximum absolute atomic E-state index is 12.8. The summed E-state index contributed by atoms with van der Waals surface area (Å²) in [6.07, 6.45) is 0.940. The van der Waals surface area contributed by atoms with Crippen LogP contribution in [-0.2, 0) is 6.54 Å². The molecule has 0 saturated carbocycles. The summed E-state index contributed by atoms with van der Waals surface area (Å²) in [5, 5.41) is 0. The summed E-state index contributed by atoms with van der Waals surface area (Å²) in [5.41, 5.74) is 1.70. The number of aryl methyl sites for hydroxylation is 1. The summed E-state index contributed by atoms with van der Waals surface area (Å²) >= 11 is 0. The number of aromatic nitrogens is 2. The molecule has 0 aliphatic heterocycles. The molecule has 1 N–H and O–H groups in total. The number of carbonyl (C=O) groups is 2. The molecule has 0 atom stereocenters. The van der Waals surface area contributed by atoms with Gasteiger partial charge in [-0.25, -0.2) is 4.98 Å². The third-order valence-corrected chi connectivity index (χ3v) is 4.06. The number of rotatable bonds is 4. The number of nitrogens with zero attached hydrogens (tertiary/aromatic N) is 2. The molecule has 0 amide bonds. The van der Waals surface area contributed by atoms with Crippen LogP contribution in [0.1, 0.15) is 44.3 Å². The number of hydrogen-bond acceptors (Lipinski definition) is 3. The number of ketones is 2. The van der Waals surface area contributed by atoms with Gasteiger partial charge in [-0.3, -0.25) is 9.59 Å². The van der Waals surface area contributed by atoms with E-state index in [2.05, 4.69) is 19.1 Å². The summed E-state index contributed by atoms with van der Waals surface area (Å²) in [7, 11) is 4.20. The molecule has 2 aromatic rings. The Bertz CT molecular complexity index is 759. The number of nitrogens with one attached hydrogen (secondary N) is 1. The first kappa shape index (κ1) is 14.7. The molecule has 0 fully saturated rings. The molecule has 1 heterocycles. The van der Waals surface area contributed by atoms with E-state index in [0.29, 0.717) is 29.1 Å². The normalized spacial score (nSPS) is 13.5. The van der Waals surface area contributed by atoms with Gasteiger partial charge in [0.2, 0.25) is 11.6 Å². The molecule has 5 nitrogen and oxygen atoms in total. The highest BCUT2D eigenvalue weighted by atomic mass is 16.1. The van der Waals surface area contributed by atoms with Gasteiger partial charge in [0.25, 0.3) is 0 Å². The standard InChI is InChI=1S/C17H19N3O2/c1-11-18-14-15(20(11)10-6-9-19(2)3)17(22)13-8-5-4-7-12(13)16(14)21/h4-5,7-8H,6,9-10H2,1-3H3/p+1. The lowest BCUT2D eigenvalue weighted by atomic mass is 9.90. The van der Waals surface area contributed by atoms with E-state index in [1.54, 1.807) is 24.3 Å². The summed E-state index contributed by atoms with van der Waals surface area (Å²) in [6.45, 7) is 3.57. The van der Waals surface area contributed by atoms with E-state index in [0.717, 1.165) is 18.8 Å². The summed E-state index contributed by atoms with van der Waals surface area (Å²) in [4.78, 5) is 31.1. The molecule has 1 aliphatic carbocycles. The fourth-order valence-electron chi connectivity index (χ4n) is 2.95. The Balaban J connectivity index is 2.02. The van der Waals surface area contributed by atoms with Crippen molar-refractivity contribution in [3.05, 3.63) is 52.6 Å². The van der Waals surface area contributed by atoms with Crippen LogP contribution in [0.2, 0.25) is 0 Å². The van der Waals surface area contributed by atoms with Gasteiger partial charge in [0, 0.05) is 24.1 Å². The van der Waals surface area contributed by atoms with Crippen LogP contribution in [-0.4, -0.2) is 41.8 Å². The van der Waals surface area contributed by atoms with Gasteiger partial charge in [-0.05, 0) is 6.92 Å². The van der Waals surface area contributed by atoms with E-state index in [1.807, 2.05) is 11.5 Å². The minimum Gasteiger partial charge on any atom is -0.340 e. The molecule has 0 radical (unpaired) electrons. The molecule has 0 bridgehead atoms. The SMILES string of the molecule is Cc1nc2c(n1CCC[NH+](C)C)C(=O)c1ccccc1C2=O. The monoisotopic (exact) mass is 298 g/mol. The van der Waals surface area contributed by atoms with Crippen LogP contribution >= 0.6 is 0 Å². The largest absolute Gasteiger partial charge is 0.340 e. The summed E-state index contributed by atoms with van der Waals surface area (Å²) in [6, 6.07) is 6.98. The maximum Gasteiger partial charge on any atom is 0.214 e. The zero-order valence-electron chi connectivity index (χ0n) is 13.1. The van der Waals surface area contributed by atoms with Crippen molar-refractivity contribution in [3.63, 3.8) is 0 Å². The first-order valence-electron chi connectivity index (χ1n) is 7.55. The molecule has 0 spiro atoms. The van der Waals surface area contributed by atoms with E-state index in [1.165, 1.54) is 4.90 Å². The van der Waals surface area contributed by atoms with Crippen LogP contribution < -0.4 is 4.90 Å². The first-order chi connectivity index (χ1) is 10.5. The van der Waals surface area contributed by atoms with Gasteiger partial charge >= 0.3 is 0 Å². The molecule has 22 heavy (non-hydrogen) atoms. The third kappa shape index (κ3) is 2.27. The zero-order valence-corrected chi connectivity index (χ0v) is 13.1. The number of carbonyl (C=O) groups excluding carboxylic acids is 2. The van der Waals surface area contributed by atoms with Gasteiger partial charge in [-0.1, -0.05) is 24.3 Å². The molecule has 3 rings (SSSR count). The minimum absolute atomic E-state index is 0.0944. The molecule has 1 aliphatic rings. The maximum atomic E-state index is 12.8. The van der Waals surface area contributed by atoms with Crippen molar-refractivity contribution in [2.45, 2.75) is 19.9 Å². The zero-order chi connectivity index (χ0) is 15.9. The van der Waals surface area contributed by atoms with Gasteiger partial charge in [0.05, 0.1) is 20.6 Å². The van der Waals surface area contributed by atoms with E-state index in [4.69, 9.17) is 0 Å². The molecule has 1 aromatic carbocycles. The Labute approximate surface area is 129 Å². The van der Waals surface area contributed by atoms with Crippen molar-refractivity contribution < 1.29 is 14.5 Å². The fourth-order valence-corrected chi connectivity index (χ4v) is 2.95.